The van der Waals surface area contributed by atoms with E-state index in [0.29, 0.717) is 19.8 Å². The van der Waals surface area contributed by atoms with Gasteiger partial charge in [-0.3, -0.25) is 4.79 Å². The summed E-state index contributed by atoms with van der Waals surface area (Å²) in [7, 11) is 0. The fourth-order valence-corrected chi connectivity index (χ4v) is 3.34. The number of ether oxygens (including phenoxy) is 1. The number of carbonyl (C=O) groups is 1. The van der Waals surface area contributed by atoms with Gasteiger partial charge in [0.2, 0.25) is 0 Å². The van der Waals surface area contributed by atoms with Crippen LogP contribution in [0.25, 0.3) is 10.1 Å². The van der Waals surface area contributed by atoms with Crippen molar-refractivity contribution >= 4 is 33.0 Å². The van der Waals surface area contributed by atoms with Crippen molar-refractivity contribution in [2.45, 2.75) is 13.0 Å². The van der Waals surface area contributed by atoms with E-state index in [4.69, 9.17) is 10.5 Å². The maximum Gasteiger partial charge on any atom is 0.264 e. The van der Waals surface area contributed by atoms with Crippen LogP contribution in [0.4, 0.5) is 5.69 Å². The summed E-state index contributed by atoms with van der Waals surface area (Å²) >= 11 is 1.52. The molecule has 0 bridgehead atoms. The lowest BCUT2D eigenvalue weighted by Gasteiger charge is -2.32. The molecule has 2 N–H and O–H groups in total. The minimum Gasteiger partial charge on any atom is -0.399 e. The number of anilines is 1. The molecule has 100 valence electrons. The number of benzene rings is 1. The Morgan fingerprint density at radius 2 is 2.32 bits per heavy atom. The zero-order valence-electron chi connectivity index (χ0n) is 10.8. The van der Waals surface area contributed by atoms with Crippen LogP contribution in [0.3, 0.4) is 0 Å². The predicted molar refractivity (Wildman–Crippen MR) is 77.6 cm³/mol. The van der Waals surface area contributed by atoms with E-state index >= 15 is 0 Å². The van der Waals surface area contributed by atoms with Crippen molar-refractivity contribution in [3.63, 3.8) is 0 Å². The molecule has 1 atom stereocenters. The Morgan fingerprint density at radius 3 is 3.11 bits per heavy atom. The second kappa shape index (κ2) is 4.83. The number of nitrogen functional groups attached to an aromatic ring is 1. The first-order chi connectivity index (χ1) is 9.15. The largest absolute Gasteiger partial charge is 0.399 e. The van der Waals surface area contributed by atoms with Crippen LogP contribution >= 0.6 is 11.3 Å². The second-order valence-corrected chi connectivity index (χ2v) is 5.91. The summed E-state index contributed by atoms with van der Waals surface area (Å²) in [6.07, 6.45) is 0. The minimum atomic E-state index is 0.0931. The van der Waals surface area contributed by atoms with Gasteiger partial charge < -0.3 is 15.4 Å². The van der Waals surface area contributed by atoms with Gasteiger partial charge in [-0.15, -0.1) is 11.3 Å². The topological polar surface area (TPSA) is 55.6 Å². The molecule has 4 nitrogen and oxygen atoms in total. The highest BCUT2D eigenvalue weighted by Crippen LogP contribution is 2.28. The van der Waals surface area contributed by atoms with Crippen molar-refractivity contribution in [1.29, 1.82) is 0 Å². The van der Waals surface area contributed by atoms with E-state index in [2.05, 4.69) is 0 Å². The standard InChI is InChI=1S/C14H16N2O2S/c1-9-8-18-5-4-16(9)14(17)13-7-10-6-11(15)2-3-12(10)19-13/h2-3,6-7,9H,4-5,8,15H2,1H3/t9-/m1/s1. The number of fused-ring (bicyclic) bond motifs is 1. The van der Waals surface area contributed by atoms with Gasteiger partial charge in [0.05, 0.1) is 24.1 Å². The SMILES string of the molecule is C[C@@H]1COCCN1C(=O)c1cc2cc(N)ccc2s1. The van der Waals surface area contributed by atoms with Gasteiger partial charge in [0.15, 0.2) is 0 Å². The minimum absolute atomic E-state index is 0.0931. The van der Waals surface area contributed by atoms with Crippen molar-refractivity contribution in [3.05, 3.63) is 29.1 Å². The Kier molecular flexibility index (Phi) is 3.16. The van der Waals surface area contributed by atoms with Gasteiger partial charge in [0.1, 0.15) is 0 Å². The van der Waals surface area contributed by atoms with Crippen LogP contribution < -0.4 is 5.73 Å². The number of rotatable bonds is 1. The summed E-state index contributed by atoms with van der Waals surface area (Å²) in [5.41, 5.74) is 6.49. The number of thiophene rings is 1. The van der Waals surface area contributed by atoms with Crippen molar-refractivity contribution in [1.82, 2.24) is 4.90 Å². The van der Waals surface area contributed by atoms with Crippen molar-refractivity contribution in [2.75, 3.05) is 25.5 Å². The number of hydrogen-bond acceptors (Lipinski definition) is 4. The third kappa shape index (κ3) is 2.31. The second-order valence-electron chi connectivity index (χ2n) is 4.83. The van der Waals surface area contributed by atoms with E-state index in [0.717, 1.165) is 20.7 Å². The molecule has 1 aliphatic heterocycles. The Balaban J connectivity index is 1.92. The normalized spacial score (nSPS) is 19.8. The third-order valence-electron chi connectivity index (χ3n) is 3.38. The van der Waals surface area contributed by atoms with Crippen LogP contribution in [0.2, 0.25) is 0 Å². The van der Waals surface area contributed by atoms with Crippen molar-refractivity contribution in [2.24, 2.45) is 0 Å². The number of nitrogens with two attached hydrogens (primary N) is 1. The first kappa shape index (κ1) is 12.4. The fraction of sp³-hybridized carbons (Fsp3) is 0.357. The molecule has 1 aromatic carbocycles. The van der Waals surface area contributed by atoms with E-state index in [-0.39, 0.29) is 11.9 Å². The molecule has 1 saturated heterocycles. The molecule has 2 aromatic rings. The zero-order chi connectivity index (χ0) is 13.4. The van der Waals surface area contributed by atoms with Crippen LogP contribution in [0, 0.1) is 0 Å². The quantitative estimate of drug-likeness (QED) is 0.813. The molecule has 0 radical (unpaired) electrons. The van der Waals surface area contributed by atoms with Gasteiger partial charge in [-0.2, -0.15) is 0 Å². The lowest BCUT2D eigenvalue weighted by molar-refractivity contribution is 0.00387. The van der Waals surface area contributed by atoms with Gasteiger partial charge in [-0.05, 0) is 36.6 Å². The molecule has 0 aliphatic carbocycles. The van der Waals surface area contributed by atoms with Crippen LogP contribution in [-0.4, -0.2) is 36.6 Å². The van der Waals surface area contributed by atoms with E-state index in [1.807, 2.05) is 36.1 Å². The fourth-order valence-electron chi connectivity index (χ4n) is 2.34. The molecular weight excluding hydrogens is 260 g/mol. The number of hydrogen-bond donors (Lipinski definition) is 1. The molecule has 1 aliphatic rings. The highest BCUT2D eigenvalue weighted by molar-refractivity contribution is 7.20. The average Bonchev–Trinajstić information content (AvgIpc) is 2.81. The Labute approximate surface area is 115 Å². The van der Waals surface area contributed by atoms with E-state index < -0.39 is 0 Å². The van der Waals surface area contributed by atoms with Crippen LogP contribution in [-0.2, 0) is 4.74 Å². The Morgan fingerprint density at radius 1 is 1.47 bits per heavy atom. The molecule has 1 aromatic heterocycles. The first-order valence-electron chi connectivity index (χ1n) is 6.33. The van der Waals surface area contributed by atoms with Crippen LogP contribution in [0.15, 0.2) is 24.3 Å². The predicted octanol–water partition coefficient (Wildman–Crippen LogP) is 2.34. The molecular formula is C14H16N2O2S. The summed E-state index contributed by atoms with van der Waals surface area (Å²) in [5.74, 6) is 0.0931. The number of amides is 1. The smallest absolute Gasteiger partial charge is 0.264 e. The Hall–Kier alpha value is -1.59. The average molecular weight is 276 g/mol. The molecule has 5 heteroatoms. The molecule has 19 heavy (non-hydrogen) atoms. The zero-order valence-corrected chi connectivity index (χ0v) is 11.6. The molecule has 3 rings (SSSR count). The number of nitrogens with zero attached hydrogens (tertiary/aromatic N) is 1. The van der Waals surface area contributed by atoms with Crippen molar-refractivity contribution < 1.29 is 9.53 Å². The van der Waals surface area contributed by atoms with Crippen LogP contribution in [0.1, 0.15) is 16.6 Å². The van der Waals surface area contributed by atoms with Gasteiger partial charge in [-0.1, -0.05) is 0 Å². The highest BCUT2D eigenvalue weighted by atomic mass is 32.1. The lowest BCUT2D eigenvalue weighted by atomic mass is 10.2. The van der Waals surface area contributed by atoms with E-state index in [1.165, 1.54) is 11.3 Å². The Bertz CT molecular complexity index is 623. The summed E-state index contributed by atoms with van der Waals surface area (Å²) in [6.45, 7) is 3.91. The van der Waals surface area contributed by atoms with Gasteiger partial charge in [-0.25, -0.2) is 0 Å². The summed E-state index contributed by atoms with van der Waals surface area (Å²) in [6, 6.07) is 7.81. The molecule has 1 amide bonds. The monoisotopic (exact) mass is 276 g/mol. The van der Waals surface area contributed by atoms with Gasteiger partial charge >= 0.3 is 0 Å². The number of morpholine rings is 1. The third-order valence-corrected chi connectivity index (χ3v) is 4.48. The van der Waals surface area contributed by atoms with Crippen molar-refractivity contribution in [3.8, 4) is 0 Å². The molecule has 1 fully saturated rings. The molecule has 0 unspecified atom stereocenters. The summed E-state index contributed by atoms with van der Waals surface area (Å²) in [5, 5.41) is 1.04. The van der Waals surface area contributed by atoms with E-state index in [9.17, 15) is 4.79 Å². The first-order valence-corrected chi connectivity index (χ1v) is 7.14. The molecule has 0 saturated carbocycles. The lowest BCUT2D eigenvalue weighted by Crippen LogP contribution is -2.46. The van der Waals surface area contributed by atoms with Crippen LogP contribution in [0.5, 0.6) is 0 Å². The van der Waals surface area contributed by atoms with Gasteiger partial charge in [0.25, 0.3) is 5.91 Å². The summed E-state index contributed by atoms with van der Waals surface area (Å²) in [4.78, 5) is 15.2. The molecule has 0 spiro atoms. The van der Waals surface area contributed by atoms with E-state index in [1.54, 1.807) is 0 Å². The summed E-state index contributed by atoms with van der Waals surface area (Å²) < 4.78 is 6.46. The maximum atomic E-state index is 12.5. The maximum absolute atomic E-state index is 12.5. The molecule has 2 heterocycles. The number of carbonyl (C=O) groups excluding carboxylic acids is 1. The highest BCUT2D eigenvalue weighted by Gasteiger charge is 2.25. The van der Waals surface area contributed by atoms with Gasteiger partial charge in [0, 0.05) is 16.9 Å².